The molecule has 0 spiro atoms. The molecule has 2 atom stereocenters. The van der Waals surface area contributed by atoms with Crippen LogP contribution >= 0.6 is 23.2 Å². The van der Waals surface area contributed by atoms with E-state index in [9.17, 15) is 0 Å². The summed E-state index contributed by atoms with van der Waals surface area (Å²) in [6.45, 7) is 5.56. The molecule has 0 aromatic heterocycles. The lowest BCUT2D eigenvalue weighted by Crippen LogP contribution is -2.27. The highest BCUT2D eigenvalue weighted by Crippen LogP contribution is 2.34. The Morgan fingerprint density at radius 3 is 2.94 bits per heavy atom. The summed E-state index contributed by atoms with van der Waals surface area (Å²) in [6.07, 6.45) is 1.25. The lowest BCUT2D eigenvalue weighted by atomic mass is 10.1. The van der Waals surface area contributed by atoms with Crippen molar-refractivity contribution in [1.29, 1.82) is 0 Å². The highest BCUT2D eigenvalue weighted by molar-refractivity contribution is 6.42. The van der Waals surface area contributed by atoms with Crippen LogP contribution in [0.3, 0.4) is 0 Å². The van der Waals surface area contributed by atoms with Crippen LogP contribution in [-0.4, -0.2) is 31.6 Å². The summed E-state index contributed by atoms with van der Waals surface area (Å²) >= 11 is 12.4. The summed E-state index contributed by atoms with van der Waals surface area (Å²) in [5.41, 5.74) is 1.13. The summed E-state index contributed by atoms with van der Waals surface area (Å²) in [4.78, 5) is 2.49. The fourth-order valence-corrected chi connectivity index (χ4v) is 3.18. The van der Waals surface area contributed by atoms with Crippen LogP contribution < -0.4 is 5.32 Å². The van der Waals surface area contributed by atoms with Crippen molar-refractivity contribution in [2.24, 2.45) is 5.92 Å². The van der Waals surface area contributed by atoms with Gasteiger partial charge in [0.2, 0.25) is 0 Å². The molecule has 1 aromatic rings. The minimum atomic E-state index is 0.332. The average Bonchev–Trinajstić information content (AvgIpc) is 2.81. The van der Waals surface area contributed by atoms with E-state index >= 15 is 0 Å². The fraction of sp³-hybridized carbons (Fsp3) is 0.571. The molecule has 1 aliphatic heterocycles. The van der Waals surface area contributed by atoms with E-state index in [4.69, 9.17) is 23.2 Å². The van der Waals surface area contributed by atoms with E-state index in [0.717, 1.165) is 31.1 Å². The summed E-state index contributed by atoms with van der Waals surface area (Å²) in [7, 11) is 2.01. The first kappa shape index (κ1) is 14.1. The van der Waals surface area contributed by atoms with Crippen molar-refractivity contribution in [2.75, 3.05) is 26.7 Å². The minimum absolute atomic E-state index is 0.332. The lowest BCUT2D eigenvalue weighted by Gasteiger charge is -2.25. The Kier molecular flexibility index (Phi) is 4.91. The van der Waals surface area contributed by atoms with E-state index in [1.165, 1.54) is 6.42 Å². The molecule has 0 aliphatic carbocycles. The van der Waals surface area contributed by atoms with Crippen molar-refractivity contribution in [1.82, 2.24) is 10.2 Å². The Morgan fingerprint density at radius 2 is 2.22 bits per heavy atom. The van der Waals surface area contributed by atoms with Crippen molar-refractivity contribution in [2.45, 2.75) is 19.4 Å². The second-order valence-electron chi connectivity index (χ2n) is 5.03. The van der Waals surface area contributed by atoms with E-state index < -0.39 is 0 Å². The monoisotopic (exact) mass is 286 g/mol. The fourth-order valence-electron chi connectivity index (χ4n) is 2.71. The van der Waals surface area contributed by atoms with Gasteiger partial charge in [-0.2, -0.15) is 0 Å². The zero-order valence-electron chi connectivity index (χ0n) is 10.9. The largest absolute Gasteiger partial charge is 0.319 e. The van der Waals surface area contributed by atoms with E-state index in [1.54, 1.807) is 0 Å². The molecule has 2 rings (SSSR count). The van der Waals surface area contributed by atoms with E-state index in [2.05, 4.69) is 23.2 Å². The molecule has 1 fully saturated rings. The van der Waals surface area contributed by atoms with Gasteiger partial charge in [0, 0.05) is 12.6 Å². The Hall–Kier alpha value is -0.280. The number of rotatable bonds is 4. The maximum Gasteiger partial charge on any atom is 0.0640 e. The number of nitrogens with zero attached hydrogens (tertiary/aromatic N) is 1. The van der Waals surface area contributed by atoms with Crippen molar-refractivity contribution < 1.29 is 0 Å². The Labute approximate surface area is 119 Å². The second kappa shape index (κ2) is 6.25. The van der Waals surface area contributed by atoms with Crippen LogP contribution in [0.25, 0.3) is 0 Å². The normalized spacial score (nSPS) is 22.3. The number of hydrogen-bond acceptors (Lipinski definition) is 2. The molecule has 2 unspecified atom stereocenters. The van der Waals surface area contributed by atoms with Gasteiger partial charge in [0.15, 0.2) is 0 Å². The molecule has 1 N–H and O–H groups in total. The van der Waals surface area contributed by atoms with Gasteiger partial charge >= 0.3 is 0 Å². The van der Waals surface area contributed by atoms with Gasteiger partial charge in [-0.05, 0) is 51.0 Å². The first-order valence-corrected chi connectivity index (χ1v) is 7.21. The van der Waals surface area contributed by atoms with Gasteiger partial charge in [0.1, 0.15) is 0 Å². The van der Waals surface area contributed by atoms with Crippen LogP contribution in [-0.2, 0) is 0 Å². The number of benzene rings is 1. The van der Waals surface area contributed by atoms with E-state index in [1.807, 2.05) is 19.2 Å². The second-order valence-corrected chi connectivity index (χ2v) is 5.81. The summed E-state index contributed by atoms with van der Waals surface area (Å²) < 4.78 is 0. The number of nitrogens with one attached hydrogen (secondary N) is 1. The Bertz CT molecular complexity index is 409. The van der Waals surface area contributed by atoms with Crippen molar-refractivity contribution in [3.63, 3.8) is 0 Å². The van der Waals surface area contributed by atoms with Gasteiger partial charge in [0.05, 0.1) is 10.0 Å². The van der Waals surface area contributed by atoms with Gasteiger partial charge in [0.25, 0.3) is 0 Å². The summed E-state index contributed by atoms with van der Waals surface area (Å²) in [5, 5.41) is 4.60. The van der Waals surface area contributed by atoms with Gasteiger partial charge in [-0.15, -0.1) is 0 Å². The number of likely N-dealkylation sites (tertiary alicyclic amines) is 1. The average molecular weight is 287 g/mol. The Morgan fingerprint density at radius 1 is 1.44 bits per heavy atom. The molecule has 1 heterocycles. The SMILES string of the molecule is CNCC1CCN(C(C)c2cccc(Cl)c2Cl)C1. The molecule has 100 valence electrons. The van der Waals surface area contributed by atoms with Crippen LogP contribution in [0.2, 0.25) is 10.0 Å². The zero-order chi connectivity index (χ0) is 13.1. The molecular formula is C14H20Cl2N2. The van der Waals surface area contributed by atoms with E-state index in [0.29, 0.717) is 16.1 Å². The molecule has 2 nitrogen and oxygen atoms in total. The van der Waals surface area contributed by atoms with Gasteiger partial charge in [-0.1, -0.05) is 35.3 Å². The molecular weight excluding hydrogens is 267 g/mol. The molecule has 0 bridgehead atoms. The molecule has 18 heavy (non-hydrogen) atoms. The molecule has 1 aliphatic rings. The molecule has 1 saturated heterocycles. The molecule has 1 aromatic carbocycles. The zero-order valence-corrected chi connectivity index (χ0v) is 12.4. The van der Waals surface area contributed by atoms with Crippen LogP contribution in [0, 0.1) is 5.92 Å². The Balaban J connectivity index is 2.08. The molecule has 0 saturated carbocycles. The number of hydrogen-bond donors (Lipinski definition) is 1. The minimum Gasteiger partial charge on any atom is -0.319 e. The summed E-state index contributed by atoms with van der Waals surface area (Å²) in [6, 6.07) is 6.22. The van der Waals surface area contributed by atoms with Crippen LogP contribution in [0.5, 0.6) is 0 Å². The first-order valence-electron chi connectivity index (χ1n) is 6.46. The first-order chi connectivity index (χ1) is 8.63. The number of halogens is 2. The molecule has 0 amide bonds. The van der Waals surface area contributed by atoms with Crippen molar-refractivity contribution >= 4 is 23.2 Å². The van der Waals surface area contributed by atoms with Crippen molar-refractivity contribution in [3.05, 3.63) is 33.8 Å². The predicted molar refractivity (Wildman–Crippen MR) is 78.5 cm³/mol. The highest BCUT2D eigenvalue weighted by Gasteiger charge is 2.27. The lowest BCUT2D eigenvalue weighted by molar-refractivity contribution is 0.252. The molecule has 0 radical (unpaired) electrons. The maximum atomic E-state index is 6.29. The van der Waals surface area contributed by atoms with E-state index in [-0.39, 0.29) is 0 Å². The quantitative estimate of drug-likeness (QED) is 0.910. The topological polar surface area (TPSA) is 15.3 Å². The van der Waals surface area contributed by atoms with Crippen LogP contribution in [0.15, 0.2) is 18.2 Å². The van der Waals surface area contributed by atoms with Crippen LogP contribution in [0.1, 0.15) is 24.9 Å². The van der Waals surface area contributed by atoms with Crippen LogP contribution in [0.4, 0.5) is 0 Å². The highest BCUT2D eigenvalue weighted by atomic mass is 35.5. The maximum absolute atomic E-state index is 6.29. The van der Waals surface area contributed by atoms with Crippen molar-refractivity contribution in [3.8, 4) is 0 Å². The van der Waals surface area contributed by atoms with Gasteiger partial charge < -0.3 is 5.32 Å². The predicted octanol–water partition coefficient (Wildman–Crippen LogP) is 3.60. The molecule has 4 heteroatoms. The van der Waals surface area contributed by atoms with Gasteiger partial charge in [-0.3, -0.25) is 4.90 Å². The standard InChI is InChI=1S/C14H20Cl2N2/c1-10(12-4-3-5-13(15)14(12)16)18-7-6-11(9-18)8-17-2/h3-5,10-11,17H,6-9H2,1-2H3. The smallest absolute Gasteiger partial charge is 0.0640 e. The summed E-state index contributed by atoms with van der Waals surface area (Å²) in [5.74, 6) is 0.746. The third kappa shape index (κ3) is 3.00. The third-order valence-electron chi connectivity index (χ3n) is 3.79. The third-order valence-corrected chi connectivity index (χ3v) is 4.62. The van der Waals surface area contributed by atoms with Gasteiger partial charge in [-0.25, -0.2) is 0 Å².